The number of alkyl halides is 3. The van der Waals surface area contributed by atoms with Crippen LogP contribution in [0.25, 0.3) is 0 Å². The minimum Gasteiger partial charge on any atom is -0.492 e. The Morgan fingerprint density at radius 3 is 2.54 bits per heavy atom. The lowest BCUT2D eigenvalue weighted by molar-refractivity contribution is -0.162. The van der Waals surface area contributed by atoms with Crippen molar-refractivity contribution in [3.8, 4) is 0 Å². The van der Waals surface area contributed by atoms with E-state index in [2.05, 4.69) is 19.9 Å². The van der Waals surface area contributed by atoms with E-state index in [0.29, 0.717) is 6.42 Å². The van der Waals surface area contributed by atoms with E-state index in [9.17, 15) is 28.2 Å². The molecule has 3 saturated carbocycles. The number of rotatable bonds is 3. The van der Waals surface area contributed by atoms with Crippen LogP contribution in [0.2, 0.25) is 0 Å². The lowest BCUT2D eigenvalue weighted by Gasteiger charge is -2.47. The number of fused-ring (bicyclic) bond motifs is 3. The van der Waals surface area contributed by atoms with Crippen molar-refractivity contribution in [3.63, 3.8) is 0 Å². The number of aliphatic hydroxyl groups is 2. The minimum atomic E-state index is -4.53. The molecule has 4 rings (SSSR count). The summed E-state index contributed by atoms with van der Waals surface area (Å²) in [6, 6.07) is 0. The molecule has 4 aliphatic rings. The van der Waals surface area contributed by atoms with Gasteiger partial charge < -0.3 is 19.7 Å². The molecule has 198 valence electrons. The first-order valence-electron chi connectivity index (χ1n) is 12.7. The summed E-state index contributed by atoms with van der Waals surface area (Å²) >= 11 is 0. The number of hydrogen-bond acceptors (Lipinski definition) is 5. The van der Waals surface area contributed by atoms with E-state index in [4.69, 9.17) is 9.47 Å². The topological polar surface area (TPSA) is 76.0 Å². The maximum Gasteiger partial charge on any atom is 0.422 e. The summed E-state index contributed by atoms with van der Waals surface area (Å²) in [5.74, 6) is -1.47. The molecule has 0 aromatic heterocycles. The molecular weight excluding hydrogens is 461 g/mol. The molecule has 1 aliphatic heterocycles. The van der Waals surface area contributed by atoms with Crippen LogP contribution < -0.4 is 0 Å². The molecule has 8 heteroatoms. The molecule has 0 aromatic carbocycles. The predicted octanol–water partition coefficient (Wildman–Crippen LogP) is 5.11. The molecule has 1 saturated heterocycles. The number of halogens is 3. The van der Waals surface area contributed by atoms with Gasteiger partial charge in [0.05, 0.1) is 35.6 Å². The Kier molecular flexibility index (Phi) is 6.76. The average molecular weight is 501 g/mol. The van der Waals surface area contributed by atoms with Crippen LogP contribution in [0.5, 0.6) is 0 Å². The molecule has 0 aromatic rings. The number of allylic oxidation sites excluding steroid dienone is 1. The molecule has 0 unspecified atom stereocenters. The fourth-order valence-electron chi connectivity index (χ4n) is 7.73. The zero-order valence-corrected chi connectivity index (χ0v) is 21.3. The number of Topliss-reactive ketones (excluding diaryl/α,β-unsaturated/α-hetero) is 1. The minimum absolute atomic E-state index is 0.0195. The van der Waals surface area contributed by atoms with Gasteiger partial charge in [0.15, 0.2) is 6.61 Å². The molecule has 4 fully saturated rings. The third-order valence-corrected chi connectivity index (χ3v) is 9.26. The maximum absolute atomic E-state index is 13.0. The van der Waals surface area contributed by atoms with Gasteiger partial charge in [-0.3, -0.25) is 4.79 Å². The summed E-state index contributed by atoms with van der Waals surface area (Å²) in [7, 11) is 0. The van der Waals surface area contributed by atoms with E-state index in [1.54, 1.807) is 6.92 Å². The van der Waals surface area contributed by atoms with E-state index in [0.717, 1.165) is 25.5 Å². The Hall–Kier alpha value is -1.38. The first-order valence-corrected chi connectivity index (χ1v) is 12.7. The average Bonchev–Trinajstić information content (AvgIpc) is 3.22. The first kappa shape index (κ1) is 26.7. The Morgan fingerprint density at radius 2 is 1.91 bits per heavy atom. The van der Waals surface area contributed by atoms with Crippen molar-refractivity contribution in [1.82, 2.24) is 0 Å². The van der Waals surface area contributed by atoms with Gasteiger partial charge in [0, 0.05) is 17.9 Å². The standard InChI is InChI=1S/C27H39F3O5/c1-15(2)8-17-9-16(3)26(35-17)7-6-24(4)11-19-23(21(32)12-25(19,5)33)18(20(31)10-22(24)26)13-34-14-27(28,29)30/h8,13,16-17,19-20,22-23,31,33H,6-7,9-12,14H2,1-5H3/b18-13+/t16-,17-,19-,20+,22+,23+,24+,25+,26-/m0/s1. The quantitative estimate of drug-likeness (QED) is 0.416. The molecule has 2 N–H and O–H groups in total. The molecule has 35 heavy (non-hydrogen) atoms. The third kappa shape index (κ3) is 4.82. The summed E-state index contributed by atoms with van der Waals surface area (Å²) in [6.07, 6.45) is 0.602. The molecule has 0 amide bonds. The van der Waals surface area contributed by atoms with Gasteiger partial charge in [-0.2, -0.15) is 13.2 Å². The number of carbonyl (C=O) groups excluding carboxylic acids is 1. The zero-order valence-electron chi connectivity index (χ0n) is 21.3. The lowest BCUT2D eigenvalue weighted by atomic mass is 9.60. The molecule has 0 radical (unpaired) electrons. The largest absolute Gasteiger partial charge is 0.492 e. The summed E-state index contributed by atoms with van der Waals surface area (Å²) in [5.41, 5.74) is -0.736. The lowest BCUT2D eigenvalue weighted by Crippen LogP contribution is -2.49. The van der Waals surface area contributed by atoms with Crippen molar-refractivity contribution in [2.24, 2.45) is 29.1 Å². The van der Waals surface area contributed by atoms with Crippen LogP contribution in [0, 0.1) is 29.1 Å². The smallest absolute Gasteiger partial charge is 0.422 e. The summed E-state index contributed by atoms with van der Waals surface area (Å²) in [5, 5.41) is 22.6. The van der Waals surface area contributed by atoms with Crippen molar-refractivity contribution >= 4 is 5.78 Å². The second-order valence-electron chi connectivity index (χ2n) is 12.3. The number of ether oxygens (including phenoxy) is 2. The molecule has 3 aliphatic carbocycles. The highest BCUT2D eigenvalue weighted by Gasteiger charge is 2.65. The zero-order chi connectivity index (χ0) is 26.0. The molecule has 5 nitrogen and oxygen atoms in total. The third-order valence-electron chi connectivity index (χ3n) is 9.26. The Balaban J connectivity index is 1.73. The van der Waals surface area contributed by atoms with Crippen molar-refractivity contribution in [2.75, 3.05) is 6.61 Å². The van der Waals surface area contributed by atoms with Crippen LogP contribution in [-0.2, 0) is 14.3 Å². The fraction of sp³-hybridized carbons (Fsp3) is 0.815. The van der Waals surface area contributed by atoms with Gasteiger partial charge >= 0.3 is 6.18 Å². The van der Waals surface area contributed by atoms with Crippen LogP contribution in [-0.4, -0.2) is 52.2 Å². The predicted molar refractivity (Wildman–Crippen MR) is 124 cm³/mol. The van der Waals surface area contributed by atoms with E-state index in [-0.39, 0.29) is 47.6 Å². The number of ketones is 1. The first-order chi connectivity index (χ1) is 16.1. The number of hydrogen-bond donors (Lipinski definition) is 2. The van der Waals surface area contributed by atoms with Crippen LogP contribution in [0.4, 0.5) is 13.2 Å². The Morgan fingerprint density at radius 1 is 1.23 bits per heavy atom. The van der Waals surface area contributed by atoms with Gasteiger partial charge in [0.1, 0.15) is 5.78 Å². The highest BCUT2D eigenvalue weighted by molar-refractivity contribution is 5.88. The summed E-state index contributed by atoms with van der Waals surface area (Å²) in [4.78, 5) is 13.0. The van der Waals surface area contributed by atoms with Crippen molar-refractivity contribution in [3.05, 3.63) is 23.5 Å². The van der Waals surface area contributed by atoms with E-state index >= 15 is 0 Å². The second kappa shape index (κ2) is 8.88. The van der Waals surface area contributed by atoms with Crippen LogP contribution in [0.15, 0.2) is 23.5 Å². The van der Waals surface area contributed by atoms with Gasteiger partial charge in [-0.1, -0.05) is 25.5 Å². The van der Waals surface area contributed by atoms with Crippen molar-refractivity contribution < 1.29 is 37.7 Å². The fourth-order valence-corrected chi connectivity index (χ4v) is 7.73. The SMILES string of the molecule is CC(C)=C[C@H]1C[C@H](C)[C@]2(CC[C@]3(C)C[C@H]4[C@H](C(=O)C[C@@]4(C)O)/C(=C/OCC(F)(F)F)[C@H](O)C[C@H]32)O1. The molecule has 0 bridgehead atoms. The Bertz CT molecular complexity index is 905. The Labute approximate surface area is 205 Å². The summed E-state index contributed by atoms with van der Waals surface area (Å²) in [6.45, 7) is 8.54. The highest BCUT2D eigenvalue weighted by atomic mass is 19.4. The number of carbonyl (C=O) groups is 1. The highest BCUT2D eigenvalue weighted by Crippen LogP contribution is 2.65. The maximum atomic E-state index is 13.0. The molecular formula is C27H39F3O5. The number of aliphatic hydroxyl groups excluding tert-OH is 1. The second-order valence-corrected chi connectivity index (χ2v) is 12.3. The van der Waals surface area contributed by atoms with Crippen molar-refractivity contribution in [1.29, 1.82) is 0 Å². The van der Waals surface area contributed by atoms with Gasteiger partial charge in [-0.05, 0) is 70.1 Å². The van der Waals surface area contributed by atoms with Gasteiger partial charge in [-0.15, -0.1) is 0 Å². The van der Waals surface area contributed by atoms with Crippen LogP contribution in [0.1, 0.15) is 73.1 Å². The van der Waals surface area contributed by atoms with E-state index in [1.165, 1.54) is 5.57 Å². The van der Waals surface area contributed by atoms with Gasteiger partial charge in [-0.25, -0.2) is 0 Å². The monoisotopic (exact) mass is 500 g/mol. The molecule has 1 spiro atoms. The molecule has 1 heterocycles. The van der Waals surface area contributed by atoms with Crippen LogP contribution >= 0.6 is 0 Å². The normalized spacial score (nSPS) is 46.9. The van der Waals surface area contributed by atoms with E-state index in [1.807, 2.05) is 13.8 Å². The van der Waals surface area contributed by atoms with E-state index < -0.39 is 41.9 Å². The van der Waals surface area contributed by atoms with Gasteiger partial charge in [0.2, 0.25) is 0 Å². The van der Waals surface area contributed by atoms with Crippen LogP contribution in [0.3, 0.4) is 0 Å². The molecule has 9 atom stereocenters. The van der Waals surface area contributed by atoms with Gasteiger partial charge in [0.25, 0.3) is 0 Å². The summed E-state index contributed by atoms with van der Waals surface area (Å²) < 4.78 is 49.9. The van der Waals surface area contributed by atoms with Crippen molar-refractivity contribution in [2.45, 2.75) is 103 Å².